The molecule has 1 saturated carbocycles. The van der Waals surface area contributed by atoms with E-state index in [2.05, 4.69) is 0 Å². The fraction of sp³-hybridized carbons (Fsp3) is 0.636. The van der Waals surface area contributed by atoms with Gasteiger partial charge in [-0.05, 0) is 63.3 Å². The minimum atomic E-state index is -0.393. The van der Waals surface area contributed by atoms with Crippen molar-refractivity contribution < 1.29 is 24.2 Å². The van der Waals surface area contributed by atoms with Gasteiger partial charge in [-0.3, -0.25) is 9.59 Å². The molecule has 28 heavy (non-hydrogen) atoms. The van der Waals surface area contributed by atoms with E-state index in [0.717, 1.165) is 24.2 Å². The van der Waals surface area contributed by atoms with Crippen molar-refractivity contribution in [3.8, 4) is 5.75 Å². The first-order valence-electron chi connectivity index (χ1n) is 10.2. The largest absolute Gasteiger partial charge is 0.494 e. The predicted molar refractivity (Wildman–Crippen MR) is 106 cm³/mol. The van der Waals surface area contributed by atoms with Gasteiger partial charge in [0.1, 0.15) is 5.75 Å². The Balaban J connectivity index is 1.61. The SMILES string of the molecule is CCOc1ccc(C(=O)CCC(=O)N2CC[C@]3(OC)CC[C@@H](O)C[C@H]23)cc1C. The van der Waals surface area contributed by atoms with E-state index in [4.69, 9.17) is 9.47 Å². The molecular formula is C22H31NO5. The van der Waals surface area contributed by atoms with Crippen molar-refractivity contribution in [1.29, 1.82) is 0 Å². The number of aliphatic hydroxyl groups excluding tert-OH is 1. The number of carbonyl (C=O) groups excluding carboxylic acids is 2. The van der Waals surface area contributed by atoms with Crippen molar-refractivity contribution >= 4 is 11.7 Å². The molecule has 0 unspecified atom stereocenters. The monoisotopic (exact) mass is 389 g/mol. The van der Waals surface area contributed by atoms with Crippen LogP contribution in [-0.2, 0) is 9.53 Å². The Morgan fingerprint density at radius 3 is 2.75 bits per heavy atom. The smallest absolute Gasteiger partial charge is 0.223 e. The number of likely N-dealkylation sites (tertiary alicyclic amines) is 1. The zero-order chi connectivity index (χ0) is 20.3. The first-order valence-corrected chi connectivity index (χ1v) is 10.2. The third-order valence-corrected chi connectivity index (χ3v) is 6.25. The molecule has 1 N–H and O–H groups in total. The fourth-order valence-electron chi connectivity index (χ4n) is 4.62. The van der Waals surface area contributed by atoms with Gasteiger partial charge in [-0.25, -0.2) is 0 Å². The fourth-order valence-corrected chi connectivity index (χ4v) is 4.62. The number of fused-ring (bicyclic) bond motifs is 1. The van der Waals surface area contributed by atoms with Gasteiger partial charge in [0.2, 0.25) is 5.91 Å². The van der Waals surface area contributed by atoms with E-state index in [1.807, 2.05) is 30.9 Å². The Bertz CT molecular complexity index is 734. The first-order chi connectivity index (χ1) is 13.4. The van der Waals surface area contributed by atoms with Crippen LogP contribution in [0, 0.1) is 6.92 Å². The van der Waals surface area contributed by atoms with Crippen LogP contribution < -0.4 is 4.74 Å². The van der Waals surface area contributed by atoms with Crippen LogP contribution in [0.5, 0.6) is 5.75 Å². The van der Waals surface area contributed by atoms with Gasteiger partial charge in [0.15, 0.2) is 5.78 Å². The lowest BCUT2D eigenvalue weighted by Gasteiger charge is -2.42. The number of ether oxygens (including phenoxy) is 2. The summed E-state index contributed by atoms with van der Waals surface area (Å²) in [6, 6.07) is 5.29. The molecule has 154 valence electrons. The number of nitrogens with zero attached hydrogens (tertiary/aromatic N) is 1. The maximum absolute atomic E-state index is 12.8. The highest BCUT2D eigenvalue weighted by molar-refractivity contribution is 5.98. The minimum Gasteiger partial charge on any atom is -0.494 e. The average Bonchev–Trinajstić information content (AvgIpc) is 3.06. The lowest BCUT2D eigenvalue weighted by Crippen LogP contribution is -2.52. The second-order valence-electron chi connectivity index (χ2n) is 7.89. The molecule has 1 heterocycles. The lowest BCUT2D eigenvalue weighted by atomic mass is 9.79. The summed E-state index contributed by atoms with van der Waals surface area (Å²) in [6.07, 6.45) is 2.78. The van der Waals surface area contributed by atoms with Gasteiger partial charge in [-0.1, -0.05) is 0 Å². The third-order valence-electron chi connectivity index (χ3n) is 6.25. The van der Waals surface area contributed by atoms with E-state index in [1.165, 1.54) is 0 Å². The second kappa shape index (κ2) is 8.62. The van der Waals surface area contributed by atoms with E-state index in [1.54, 1.807) is 13.2 Å². The summed E-state index contributed by atoms with van der Waals surface area (Å²) in [7, 11) is 1.69. The molecule has 2 fully saturated rings. The Labute approximate surface area is 166 Å². The first kappa shape index (κ1) is 20.8. The number of aliphatic hydroxyl groups is 1. The van der Waals surface area contributed by atoms with Gasteiger partial charge < -0.3 is 19.5 Å². The molecule has 1 saturated heterocycles. The number of carbonyl (C=O) groups is 2. The van der Waals surface area contributed by atoms with Crippen LogP contribution in [-0.4, -0.2) is 59.7 Å². The highest BCUT2D eigenvalue weighted by Crippen LogP contribution is 2.42. The molecule has 6 heteroatoms. The summed E-state index contributed by atoms with van der Waals surface area (Å²) in [5.41, 5.74) is 1.18. The van der Waals surface area contributed by atoms with Gasteiger partial charge in [-0.2, -0.15) is 0 Å². The van der Waals surface area contributed by atoms with Gasteiger partial charge in [0, 0.05) is 32.1 Å². The topological polar surface area (TPSA) is 76.1 Å². The molecule has 1 aliphatic heterocycles. The molecule has 0 spiro atoms. The minimum absolute atomic E-state index is 0.0333. The number of methoxy groups -OCH3 is 1. The Morgan fingerprint density at radius 2 is 2.07 bits per heavy atom. The van der Waals surface area contributed by atoms with Gasteiger partial charge in [0.05, 0.1) is 24.4 Å². The highest BCUT2D eigenvalue weighted by Gasteiger charge is 2.52. The van der Waals surface area contributed by atoms with Crippen molar-refractivity contribution in [2.75, 3.05) is 20.3 Å². The summed E-state index contributed by atoms with van der Waals surface area (Å²) >= 11 is 0. The van der Waals surface area contributed by atoms with Crippen LogP contribution in [0.25, 0.3) is 0 Å². The number of aryl methyl sites for hydroxylation is 1. The lowest BCUT2D eigenvalue weighted by molar-refractivity contribution is -0.139. The zero-order valence-electron chi connectivity index (χ0n) is 17.1. The maximum Gasteiger partial charge on any atom is 0.223 e. The zero-order valence-corrected chi connectivity index (χ0v) is 17.1. The van der Waals surface area contributed by atoms with Crippen molar-refractivity contribution in [2.45, 2.75) is 70.1 Å². The van der Waals surface area contributed by atoms with Crippen molar-refractivity contribution in [2.24, 2.45) is 0 Å². The van der Waals surface area contributed by atoms with Crippen LogP contribution in [0.3, 0.4) is 0 Å². The standard InChI is InChI=1S/C22H31NO5/c1-4-28-19-7-5-16(13-15(19)2)18(25)6-8-21(26)23-12-11-22(27-3)10-9-17(24)14-20(22)23/h5,7,13,17,20,24H,4,6,8-12,14H2,1-3H3/t17-,20+,22-/m1/s1. The molecular weight excluding hydrogens is 358 g/mol. The molecule has 2 aliphatic rings. The van der Waals surface area contributed by atoms with E-state index < -0.39 is 6.10 Å². The highest BCUT2D eigenvalue weighted by atomic mass is 16.5. The molecule has 1 amide bonds. The molecule has 1 aromatic carbocycles. The third kappa shape index (κ3) is 4.08. The number of rotatable bonds is 7. The average molecular weight is 389 g/mol. The molecule has 1 aliphatic carbocycles. The molecule has 6 nitrogen and oxygen atoms in total. The number of benzene rings is 1. The van der Waals surface area contributed by atoms with Crippen LogP contribution in [0.1, 0.15) is 61.4 Å². The number of hydrogen-bond acceptors (Lipinski definition) is 5. The van der Waals surface area contributed by atoms with Gasteiger partial charge in [-0.15, -0.1) is 0 Å². The number of Topliss-reactive ketones (excluding diaryl/α,β-unsaturated/α-hetero) is 1. The Kier molecular flexibility index (Phi) is 6.40. The maximum atomic E-state index is 12.8. The number of ketones is 1. The van der Waals surface area contributed by atoms with Crippen molar-refractivity contribution in [3.63, 3.8) is 0 Å². The van der Waals surface area contributed by atoms with Crippen molar-refractivity contribution in [1.82, 2.24) is 4.90 Å². The summed E-state index contributed by atoms with van der Waals surface area (Å²) in [5, 5.41) is 10.1. The van der Waals surface area contributed by atoms with E-state index in [9.17, 15) is 14.7 Å². The summed E-state index contributed by atoms with van der Waals surface area (Å²) in [4.78, 5) is 27.2. The van der Waals surface area contributed by atoms with Crippen LogP contribution in [0.15, 0.2) is 18.2 Å². The molecule has 3 rings (SSSR count). The quantitative estimate of drug-likeness (QED) is 0.726. The second-order valence-corrected chi connectivity index (χ2v) is 7.89. The summed E-state index contributed by atoms with van der Waals surface area (Å²) < 4.78 is 11.3. The predicted octanol–water partition coefficient (Wildman–Crippen LogP) is 2.89. The van der Waals surface area contributed by atoms with Crippen LogP contribution in [0.4, 0.5) is 0 Å². The van der Waals surface area contributed by atoms with Crippen LogP contribution in [0.2, 0.25) is 0 Å². The molecule has 1 aromatic rings. The summed E-state index contributed by atoms with van der Waals surface area (Å²) in [5.74, 6) is 0.702. The van der Waals surface area contributed by atoms with E-state index >= 15 is 0 Å². The van der Waals surface area contributed by atoms with Crippen molar-refractivity contribution in [3.05, 3.63) is 29.3 Å². The summed E-state index contributed by atoms with van der Waals surface area (Å²) in [6.45, 7) is 5.04. The number of amides is 1. The number of hydrogen-bond donors (Lipinski definition) is 1. The molecule has 0 aromatic heterocycles. The Morgan fingerprint density at radius 1 is 1.29 bits per heavy atom. The van der Waals surface area contributed by atoms with E-state index in [-0.39, 0.29) is 36.2 Å². The normalized spacial score (nSPS) is 26.8. The van der Waals surface area contributed by atoms with E-state index in [0.29, 0.717) is 31.6 Å². The molecule has 0 bridgehead atoms. The molecule has 0 radical (unpaired) electrons. The van der Waals surface area contributed by atoms with Gasteiger partial charge >= 0.3 is 0 Å². The Hall–Kier alpha value is -1.92. The van der Waals surface area contributed by atoms with Gasteiger partial charge in [0.25, 0.3) is 0 Å². The molecule has 3 atom stereocenters. The van der Waals surface area contributed by atoms with Crippen LogP contribution >= 0.6 is 0 Å².